The average Bonchev–Trinajstić information content (AvgIpc) is 2.44. The predicted octanol–water partition coefficient (Wildman–Crippen LogP) is 5.10. The summed E-state index contributed by atoms with van der Waals surface area (Å²) in [5.74, 6) is 0.215. The van der Waals surface area contributed by atoms with Crippen LogP contribution >= 0.6 is 0 Å². The third-order valence-corrected chi connectivity index (χ3v) is 3.55. The molecule has 1 aliphatic heterocycles. The van der Waals surface area contributed by atoms with Gasteiger partial charge >= 0.3 is 18.4 Å². The number of nitrogens with zero attached hydrogens (tertiary/aromatic N) is 1. The number of Topliss-reactive ketones (excluding diaryl/α,β-unsaturated/α-hetero) is 1. The highest BCUT2D eigenvalue weighted by Crippen LogP contribution is 2.26. The molecule has 31 heavy (non-hydrogen) atoms. The summed E-state index contributed by atoms with van der Waals surface area (Å²) in [7, 11) is 0. The van der Waals surface area contributed by atoms with Crippen LogP contribution in [0.2, 0.25) is 0 Å². The number of carbonyl (C=O) groups excluding carboxylic acids is 4. The summed E-state index contributed by atoms with van der Waals surface area (Å²) in [6.45, 7) is 20.2. The van der Waals surface area contributed by atoms with Gasteiger partial charge in [-0.3, -0.25) is 4.79 Å². The van der Waals surface area contributed by atoms with Crippen LogP contribution in [-0.2, 0) is 23.7 Å². The highest BCUT2D eigenvalue weighted by Gasteiger charge is 2.37. The van der Waals surface area contributed by atoms with E-state index in [9.17, 15) is 19.2 Å². The lowest BCUT2D eigenvalue weighted by molar-refractivity contribution is -0.131. The van der Waals surface area contributed by atoms with Crippen molar-refractivity contribution in [3.63, 3.8) is 0 Å². The van der Waals surface area contributed by atoms with Crippen molar-refractivity contribution in [1.29, 1.82) is 0 Å². The highest BCUT2D eigenvalue weighted by molar-refractivity contribution is 5.86. The molecule has 0 bridgehead atoms. The zero-order valence-electron chi connectivity index (χ0n) is 20.8. The van der Waals surface area contributed by atoms with Gasteiger partial charge in [0, 0.05) is 24.9 Å². The Labute approximate surface area is 185 Å². The molecule has 1 saturated heterocycles. The molecule has 1 fully saturated rings. The van der Waals surface area contributed by atoms with Gasteiger partial charge in [-0.15, -0.1) is 0 Å². The van der Waals surface area contributed by atoms with Gasteiger partial charge in [-0.05, 0) is 62.3 Å². The van der Waals surface area contributed by atoms with E-state index in [0.29, 0.717) is 19.5 Å². The van der Waals surface area contributed by atoms with Gasteiger partial charge in [-0.1, -0.05) is 13.8 Å². The van der Waals surface area contributed by atoms with Crippen LogP contribution in [0.5, 0.6) is 0 Å². The Morgan fingerprint density at radius 1 is 0.774 bits per heavy atom. The molecule has 9 heteroatoms. The van der Waals surface area contributed by atoms with E-state index in [-0.39, 0.29) is 11.9 Å². The molecule has 0 N–H and O–H groups in total. The molecule has 0 aromatic heterocycles. The second kappa shape index (κ2) is 10.3. The van der Waals surface area contributed by atoms with Gasteiger partial charge in [0.1, 0.15) is 22.6 Å². The number of amides is 1. The van der Waals surface area contributed by atoms with Crippen molar-refractivity contribution < 1.29 is 38.1 Å². The second-order valence-electron chi connectivity index (χ2n) is 11.0. The van der Waals surface area contributed by atoms with Gasteiger partial charge in [-0.25, -0.2) is 14.4 Å². The minimum atomic E-state index is -1.06. The molecular formula is C22H39NO8. The Kier molecular flexibility index (Phi) is 9.55. The largest absolute Gasteiger partial charge is 0.519 e. The molecule has 0 saturated carbocycles. The molecule has 1 amide bonds. The average molecular weight is 446 g/mol. The smallest absolute Gasteiger partial charge is 0.444 e. The molecule has 0 unspecified atom stereocenters. The summed E-state index contributed by atoms with van der Waals surface area (Å²) in [5.41, 5.74) is -2.32. The van der Waals surface area contributed by atoms with Crippen LogP contribution in [0.25, 0.3) is 0 Å². The molecule has 0 atom stereocenters. The van der Waals surface area contributed by atoms with E-state index >= 15 is 0 Å². The topological polar surface area (TPSA) is 108 Å². The highest BCUT2D eigenvalue weighted by atomic mass is 16.8. The second-order valence-corrected chi connectivity index (χ2v) is 11.0. The van der Waals surface area contributed by atoms with Gasteiger partial charge in [0.15, 0.2) is 0 Å². The van der Waals surface area contributed by atoms with Crippen LogP contribution in [0.4, 0.5) is 14.4 Å². The first kappa shape index (κ1) is 28.7. The maximum absolute atomic E-state index is 11.8. The van der Waals surface area contributed by atoms with E-state index in [0.717, 1.165) is 0 Å². The number of ether oxygens (including phenoxy) is 4. The molecule has 1 rings (SSSR count). The van der Waals surface area contributed by atoms with Gasteiger partial charge in [0.2, 0.25) is 0 Å². The van der Waals surface area contributed by atoms with Crippen LogP contribution in [0.15, 0.2) is 0 Å². The number of hydrogen-bond donors (Lipinski definition) is 0. The first-order valence-electron chi connectivity index (χ1n) is 10.3. The van der Waals surface area contributed by atoms with Crippen LogP contribution < -0.4 is 0 Å². The third-order valence-electron chi connectivity index (χ3n) is 3.55. The number of hydrogen-bond acceptors (Lipinski definition) is 8. The molecule has 0 aliphatic carbocycles. The minimum Gasteiger partial charge on any atom is -0.444 e. The molecule has 180 valence electrons. The summed E-state index contributed by atoms with van der Waals surface area (Å²) >= 11 is 0. The normalized spacial score (nSPS) is 16.5. The standard InChI is InChI=1S/C12H21NO3.C10H18O5/c1-11(2,3)16-10(15)13-7-6-9(14)12(4,5)8-13;1-9(2,3)14-7(11)13-8(12)15-10(4,5)6/h6-8H2,1-5H3;1-6H3. The van der Waals surface area contributed by atoms with Crippen LogP contribution in [0.1, 0.15) is 82.6 Å². The minimum absolute atomic E-state index is 0.215. The van der Waals surface area contributed by atoms with Crippen molar-refractivity contribution in [3.05, 3.63) is 0 Å². The summed E-state index contributed by atoms with van der Waals surface area (Å²) in [6, 6.07) is 0. The monoisotopic (exact) mass is 445 g/mol. The van der Waals surface area contributed by atoms with Crippen molar-refractivity contribution in [2.45, 2.75) is 99.4 Å². The first-order chi connectivity index (χ1) is 13.6. The zero-order chi connectivity index (χ0) is 24.8. The van der Waals surface area contributed by atoms with Gasteiger partial charge < -0.3 is 23.8 Å². The number of ketones is 1. The number of likely N-dealkylation sites (tertiary alicyclic amines) is 1. The Bertz CT molecular complexity index is 636. The van der Waals surface area contributed by atoms with Crippen LogP contribution in [0.3, 0.4) is 0 Å². The lowest BCUT2D eigenvalue weighted by Crippen LogP contribution is -2.49. The van der Waals surface area contributed by atoms with Crippen LogP contribution in [-0.4, -0.2) is 59.0 Å². The Balaban J connectivity index is 0.000000582. The lowest BCUT2D eigenvalue weighted by atomic mass is 9.83. The molecule has 1 heterocycles. The van der Waals surface area contributed by atoms with Gasteiger partial charge in [0.05, 0.1) is 0 Å². The van der Waals surface area contributed by atoms with E-state index in [4.69, 9.17) is 14.2 Å². The van der Waals surface area contributed by atoms with E-state index in [2.05, 4.69) is 4.74 Å². The summed E-state index contributed by atoms with van der Waals surface area (Å²) in [5, 5.41) is 0. The third kappa shape index (κ3) is 13.6. The van der Waals surface area contributed by atoms with E-state index in [1.165, 1.54) is 0 Å². The van der Waals surface area contributed by atoms with Crippen LogP contribution in [0, 0.1) is 5.41 Å². The summed E-state index contributed by atoms with van der Waals surface area (Å²) < 4.78 is 19.1. The fraction of sp³-hybridized carbons (Fsp3) is 0.818. The lowest BCUT2D eigenvalue weighted by Gasteiger charge is -2.37. The molecule has 9 nitrogen and oxygen atoms in total. The van der Waals surface area contributed by atoms with E-state index in [1.807, 2.05) is 34.6 Å². The molecule has 1 aliphatic rings. The fourth-order valence-electron chi connectivity index (χ4n) is 2.31. The van der Waals surface area contributed by atoms with Gasteiger partial charge in [0.25, 0.3) is 0 Å². The molecule has 0 aromatic carbocycles. The Morgan fingerprint density at radius 3 is 1.48 bits per heavy atom. The summed E-state index contributed by atoms with van der Waals surface area (Å²) in [6.07, 6.45) is -2.02. The van der Waals surface area contributed by atoms with Crippen molar-refractivity contribution in [2.24, 2.45) is 5.41 Å². The Hall–Kier alpha value is -2.32. The quantitative estimate of drug-likeness (QED) is 0.288. The van der Waals surface area contributed by atoms with Crippen molar-refractivity contribution in [3.8, 4) is 0 Å². The number of rotatable bonds is 0. The van der Waals surface area contributed by atoms with E-state index in [1.54, 1.807) is 46.4 Å². The Morgan fingerprint density at radius 2 is 1.16 bits per heavy atom. The van der Waals surface area contributed by atoms with Crippen molar-refractivity contribution in [1.82, 2.24) is 4.90 Å². The molecule has 0 spiro atoms. The number of carbonyl (C=O) groups is 4. The summed E-state index contributed by atoms with van der Waals surface area (Å²) in [4.78, 5) is 47.0. The van der Waals surface area contributed by atoms with Crippen molar-refractivity contribution >= 4 is 24.2 Å². The predicted molar refractivity (Wildman–Crippen MR) is 115 cm³/mol. The first-order valence-corrected chi connectivity index (χ1v) is 10.3. The van der Waals surface area contributed by atoms with Crippen molar-refractivity contribution in [2.75, 3.05) is 13.1 Å². The van der Waals surface area contributed by atoms with E-state index < -0.39 is 34.5 Å². The molecule has 0 radical (unpaired) electrons. The zero-order valence-corrected chi connectivity index (χ0v) is 20.8. The maximum atomic E-state index is 11.8. The molecular weight excluding hydrogens is 406 g/mol. The maximum Gasteiger partial charge on any atom is 0.519 e. The number of piperidine rings is 1. The van der Waals surface area contributed by atoms with Gasteiger partial charge in [-0.2, -0.15) is 0 Å². The molecule has 0 aromatic rings. The fourth-order valence-corrected chi connectivity index (χ4v) is 2.31. The SMILES string of the molecule is CC(C)(C)OC(=O)N1CCC(=O)C(C)(C)C1.CC(C)(C)OC(=O)OC(=O)OC(C)(C)C.